The summed E-state index contributed by atoms with van der Waals surface area (Å²) in [5, 5.41) is 2.34. The smallest absolute Gasteiger partial charge is 0.273 e. The van der Waals surface area contributed by atoms with Gasteiger partial charge in [0.15, 0.2) is 0 Å². The number of nitrogens with two attached hydrogens (primary N) is 1. The van der Waals surface area contributed by atoms with E-state index in [1.54, 1.807) is 4.72 Å². The minimum atomic E-state index is -4.23. The Balaban J connectivity index is 2.29. The fraction of sp³-hybridized carbons (Fsp3) is 0.364. The molecule has 0 radical (unpaired) electrons. The average Bonchev–Trinajstić information content (AvgIpc) is 2.75. The summed E-state index contributed by atoms with van der Waals surface area (Å²) >= 11 is 5.84. The van der Waals surface area contributed by atoms with Gasteiger partial charge in [-0.05, 0) is 17.7 Å². The third kappa shape index (κ3) is 3.49. The summed E-state index contributed by atoms with van der Waals surface area (Å²) in [7, 11) is -4.23. The van der Waals surface area contributed by atoms with Gasteiger partial charge in [-0.1, -0.05) is 11.6 Å². The molecular weight excluding hydrogens is 328 g/mol. The Morgan fingerprint density at radius 3 is 2.71 bits per heavy atom. The van der Waals surface area contributed by atoms with E-state index >= 15 is 0 Å². The fourth-order valence-corrected chi connectivity index (χ4v) is 3.42. The van der Waals surface area contributed by atoms with Crippen molar-refractivity contribution in [3.8, 4) is 0 Å². The number of nitrogens with one attached hydrogen (secondary N) is 2. The molecule has 1 aliphatic heterocycles. The zero-order chi connectivity index (χ0) is 15.8. The Hall–Kier alpha value is -1.29. The van der Waals surface area contributed by atoms with Crippen LogP contribution in [0, 0.1) is 0 Å². The third-order valence-corrected chi connectivity index (χ3v) is 4.76. The van der Waals surface area contributed by atoms with Crippen LogP contribution in [-0.2, 0) is 21.2 Å². The largest absolute Gasteiger partial charge is 0.325 e. The first kappa shape index (κ1) is 16.1. The van der Waals surface area contributed by atoms with Crippen LogP contribution < -0.4 is 15.8 Å². The summed E-state index contributed by atoms with van der Waals surface area (Å²) in [4.78, 5) is 10.9. The van der Waals surface area contributed by atoms with Gasteiger partial charge in [0.05, 0.1) is 24.5 Å². The van der Waals surface area contributed by atoms with Crippen molar-refractivity contribution >= 4 is 33.2 Å². The van der Waals surface area contributed by atoms with Gasteiger partial charge in [0.2, 0.25) is 15.9 Å². The Morgan fingerprint density at radius 1 is 1.43 bits per heavy atom. The molecular formula is C11H12ClF2N3O3S. The second-order valence-electron chi connectivity index (χ2n) is 4.55. The summed E-state index contributed by atoms with van der Waals surface area (Å²) in [5.41, 5.74) is 5.69. The molecule has 0 saturated heterocycles. The molecule has 0 unspecified atom stereocenters. The van der Waals surface area contributed by atoms with E-state index in [9.17, 15) is 22.0 Å². The van der Waals surface area contributed by atoms with Crippen LogP contribution in [0.25, 0.3) is 0 Å². The zero-order valence-electron chi connectivity index (χ0n) is 10.6. The lowest BCUT2D eigenvalue weighted by atomic mass is 10.2. The van der Waals surface area contributed by atoms with E-state index in [4.69, 9.17) is 17.3 Å². The molecule has 1 aromatic carbocycles. The van der Waals surface area contributed by atoms with Crippen LogP contribution in [0.1, 0.15) is 5.56 Å². The van der Waals surface area contributed by atoms with Gasteiger partial charge in [-0.3, -0.25) is 4.79 Å². The predicted molar refractivity (Wildman–Crippen MR) is 73.0 cm³/mol. The monoisotopic (exact) mass is 339 g/mol. The maximum absolute atomic E-state index is 13.0. The average molecular weight is 340 g/mol. The highest BCUT2D eigenvalue weighted by Crippen LogP contribution is 2.32. The van der Waals surface area contributed by atoms with Crippen LogP contribution in [-0.4, -0.2) is 33.3 Å². The maximum atomic E-state index is 13.0. The first-order chi connectivity index (χ1) is 9.64. The number of hydrogen-bond acceptors (Lipinski definition) is 4. The summed E-state index contributed by atoms with van der Waals surface area (Å²) in [5.74, 6) is -3.65. The lowest BCUT2D eigenvalue weighted by Gasteiger charge is -2.15. The molecule has 0 aliphatic carbocycles. The minimum absolute atomic E-state index is 0.00792. The Morgan fingerprint density at radius 2 is 2.10 bits per heavy atom. The molecule has 10 heteroatoms. The number of sulfonamides is 1. The quantitative estimate of drug-likeness (QED) is 0.735. The van der Waals surface area contributed by atoms with E-state index in [1.165, 1.54) is 12.1 Å². The van der Waals surface area contributed by atoms with Crippen LogP contribution in [0.2, 0.25) is 5.02 Å². The minimum Gasteiger partial charge on any atom is -0.325 e. The number of amides is 1. The van der Waals surface area contributed by atoms with Crippen LogP contribution in [0.3, 0.4) is 0 Å². The molecule has 0 saturated carbocycles. The van der Waals surface area contributed by atoms with Crippen LogP contribution in [0.5, 0.6) is 0 Å². The topological polar surface area (TPSA) is 101 Å². The lowest BCUT2D eigenvalue weighted by molar-refractivity contribution is -0.115. The van der Waals surface area contributed by atoms with Crippen molar-refractivity contribution in [1.82, 2.24) is 4.72 Å². The maximum Gasteiger partial charge on any atom is 0.273 e. The number of anilines is 1. The number of fused-ring (bicyclic) bond motifs is 1. The Kier molecular flexibility index (Phi) is 4.20. The van der Waals surface area contributed by atoms with Crippen molar-refractivity contribution < 1.29 is 22.0 Å². The molecule has 1 heterocycles. The highest BCUT2D eigenvalue weighted by atomic mass is 35.5. The molecule has 116 valence electrons. The molecule has 4 N–H and O–H groups in total. The van der Waals surface area contributed by atoms with E-state index in [2.05, 4.69) is 5.32 Å². The molecule has 1 aromatic rings. The summed E-state index contributed by atoms with van der Waals surface area (Å²) in [6.45, 7) is -2.11. The number of halogens is 3. The van der Waals surface area contributed by atoms with Gasteiger partial charge in [-0.15, -0.1) is 0 Å². The summed E-state index contributed by atoms with van der Waals surface area (Å²) < 4.78 is 51.9. The lowest BCUT2D eigenvalue weighted by Crippen LogP contribution is -2.41. The molecule has 0 atom stereocenters. The highest BCUT2D eigenvalue weighted by Gasteiger charge is 2.31. The summed E-state index contributed by atoms with van der Waals surface area (Å²) in [6.07, 6.45) is 0.00792. The normalized spacial score (nSPS) is 15.0. The van der Waals surface area contributed by atoms with Crippen molar-refractivity contribution in [2.24, 2.45) is 5.73 Å². The molecule has 0 aromatic heterocycles. The van der Waals surface area contributed by atoms with Gasteiger partial charge in [0.1, 0.15) is 4.90 Å². The molecule has 1 amide bonds. The van der Waals surface area contributed by atoms with E-state index in [1.807, 2.05) is 0 Å². The van der Waals surface area contributed by atoms with Gasteiger partial charge in [-0.2, -0.15) is 0 Å². The zero-order valence-corrected chi connectivity index (χ0v) is 12.2. The second-order valence-corrected chi connectivity index (χ2v) is 6.69. The second kappa shape index (κ2) is 5.48. The molecule has 0 spiro atoms. The Bertz CT molecular complexity index is 694. The number of hydrogen-bond donors (Lipinski definition) is 3. The number of benzene rings is 1. The van der Waals surface area contributed by atoms with Crippen molar-refractivity contribution in [3.63, 3.8) is 0 Å². The van der Waals surface area contributed by atoms with E-state index in [0.717, 1.165) is 0 Å². The standard InChI is InChI=1S/C11H12ClF2N3O3S/c12-7-3-8-6(2-10(18)17-8)1-9(7)21(19,20)16-5-11(13,14)4-15/h1,3,16H,2,4-5,15H2,(H,17,18). The Labute approximate surface area is 124 Å². The highest BCUT2D eigenvalue weighted by molar-refractivity contribution is 7.89. The van der Waals surface area contributed by atoms with Gasteiger partial charge in [0.25, 0.3) is 5.92 Å². The third-order valence-electron chi connectivity index (χ3n) is 2.89. The van der Waals surface area contributed by atoms with E-state index in [-0.39, 0.29) is 22.2 Å². The van der Waals surface area contributed by atoms with E-state index < -0.39 is 29.0 Å². The fourth-order valence-electron chi connectivity index (χ4n) is 1.78. The van der Waals surface area contributed by atoms with Gasteiger partial charge < -0.3 is 11.1 Å². The van der Waals surface area contributed by atoms with Crippen molar-refractivity contribution in [2.45, 2.75) is 17.2 Å². The van der Waals surface area contributed by atoms with Crippen molar-refractivity contribution in [1.29, 1.82) is 0 Å². The number of carbonyl (C=O) groups is 1. The first-order valence-corrected chi connectivity index (χ1v) is 7.70. The molecule has 1 aliphatic rings. The number of rotatable bonds is 5. The predicted octanol–water partition coefficient (Wildman–Crippen LogP) is 0.707. The van der Waals surface area contributed by atoms with Crippen LogP contribution in [0.4, 0.5) is 14.5 Å². The molecule has 6 nitrogen and oxygen atoms in total. The van der Waals surface area contributed by atoms with Crippen molar-refractivity contribution in [3.05, 3.63) is 22.7 Å². The SMILES string of the molecule is NCC(F)(F)CNS(=O)(=O)c1cc2c(cc1Cl)NC(=O)C2. The summed E-state index contributed by atoms with van der Waals surface area (Å²) in [6, 6.07) is 2.47. The van der Waals surface area contributed by atoms with E-state index in [0.29, 0.717) is 11.3 Å². The molecule has 0 fully saturated rings. The molecule has 0 bridgehead atoms. The molecule has 2 rings (SSSR count). The number of alkyl halides is 2. The van der Waals surface area contributed by atoms with Gasteiger partial charge >= 0.3 is 0 Å². The van der Waals surface area contributed by atoms with Crippen LogP contribution >= 0.6 is 11.6 Å². The number of carbonyl (C=O) groups excluding carboxylic acids is 1. The van der Waals surface area contributed by atoms with Crippen molar-refractivity contribution in [2.75, 3.05) is 18.4 Å². The molecule has 21 heavy (non-hydrogen) atoms. The first-order valence-electron chi connectivity index (χ1n) is 5.84. The van der Waals surface area contributed by atoms with Gasteiger partial charge in [-0.25, -0.2) is 21.9 Å². The van der Waals surface area contributed by atoms with Crippen LogP contribution in [0.15, 0.2) is 17.0 Å². The van der Waals surface area contributed by atoms with Gasteiger partial charge in [0, 0.05) is 5.69 Å².